The number of fused-ring (bicyclic) bond motifs is 1. The summed E-state index contributed by atoms with van der Waals surface area (Å²) < 4.78 is 5.75. The minimum Gasteiger partial charge on any atom is -0.461 e. The van der Waals surface area contributed by atoms with E-state index in [1.165, 1.54) is 0 Å². The highest BCUT2D eigenvalue weighted by atomic mass is 16.3. The predicted octanol–water partition coefficient (Wildman–Crippen LogP) is 4.24. The van der Waals surface area contributed by atoms with Gasteiger partial charge in [0, 0.05) is 16.5 Å². The van der Waals surface area contributed by atoms with E-state index >= 15 is 0 Å². The third kappa shape index (κ3) is 2.12. The van der Waals surface area contributed by atoms with E-state index in [0.29, 0.717) is 0 Å². The topological polar surface area (TPSA) is 30.2 Å². The van der Waals surface area contributed by atoms with Crippen LogP contribution < -0.4 is 0 Å². The van der Waals surface area contributed by atoms with Gasteiger partial charge in [-0.05, 0) is 37.5 Å². The SMILES string of the molecule is CC(=O)c1cc(C(C)(C)C)c2oc(C)cc2c1. The van der Waals surface area contributed by atoms with Gasteiger partial charge in [-0.25, -0.2) is 0 Å². The molecule has 17 heavy (non-hydrogen) atoms. The second kappa shape index (κ2) is 3.73. The van der Waals surface area contributed by atoms with Gasteiger partial charge in [0.25, 0.3) is 0 Å². The minimum absolute atomic E-state index is 0.0337. The normalized spacial score (nSPS) is 12.1. The summed E-state index contributed by atoms with van der Waals surface area (Å²) in [6, 6.07) is 5.84. The summed E-state index contributed by atoms with van der Waals surface area (Å²) in [5.41, 5.74) is 2.71. The van der Waals surface area contributed by atoms with Gasteiger partial charge >= 0.3 is 0 Å². The highest BCUT2D eigenvalue weighted by molar-refractivity contribution is 5.99. The van der Waals surface area contributed by atoms with Crippen molar-refractivity contribution in [3.63, 3.8) is 0 Å². The molecule has 2 rings (SSSR count). The highest BCUT2D eigenvalue weighted by Gasteiger charge is 2.21. The average molecular weight is 230 g/mol. The van der Waals surface area contributed by atoms with Crippen LogP contribution in [0.15, 0.2) is 22.6 Å². The van der Waals surface area contributed by atoms with E-state index < -0.39 is 0 Å². The standard InChI is InChI=1S/C15H18O2/c1-9-6-12-7-11(10(2)16)8-13(14(12)17-9)15(3,4)5/h6-8H,1-5H3. The van der Waals surface area contributed by atoms with Crippen molar-refractivity contribution in [1.82, 2.24) is 0 Å². The van der Waals surface area contributed by atoms with E-state index in [0.717, 1.165) is 27.9 Å². The maximum Gasteiger partial charge on any atom is 0.159 e. The monoisotopic (exact) mass is 230 g/mol. The Bertz CT molecular complexity index is 583. The van der Waals surface area contributed by atoms with E-state index in [1.807, 2.05) is 25.1 Å². The molecule has 1 aromatic heterocycles. The van der Waals surface area contributed by atoms with Gasteiger partial charge in [0.15, 0.2) is 5.78 Å². The first-order valence-corrected chi connectivity index (χ1v) is 5.84. The maximum atomic E-state index is 11.5. The Balaban J connectivity index is 2.82. The zero-order chi connectivity index (χ0) is 12.8. The lowest BCUT2D eigenvalue weighted by Crippen LogP contribution is -2.12. The van der Waals surface area contributed by atoms with Crippen LogP contribution in [0, 0.1) is 6.92 Å². The number of rotatable bonds is 1. The van der Waals surface area contributed by atoms with E-state index in [4.69, 9.17) is 4.42 Å². The Morgan fingerprint density at radius 2 is 1.82 bits per heavy atom. The first-order chi connectivity index (χ1) is 7.79. The van der Waals surface area contributed by atoms with Crippen molar-refractivity contribution in [2.24, 2.45) is 0 Å². The van der Waals surface area contributed by atoms with Crippen LogP contribution in [0.5, 0.6) is 0 Å². The number of aryl methyl sites for hydroxylation is 1. The molecule has 0 aliphatic heterocycles. The first-order valence-electron chi connectivity index (χ1n) is 5.84. The lowest BCUT2D eigenvalue weighted by molar-refractivity contribution is 0.101. The Morgan fingerprint density at radius 3 is 2.35 bits per heavy atom. The van der Waals surface area contributed by atoms with Crippen LogP contribution in [0.4, 0.5) is 0 Å². The van der Waals surface area contributed by atoms with Gasteiger partial charge in [-0.2, -0.15) is 0 Å². The fourth-order valence-corrected chi connectivity index (χ4v) is 2.04. The molecule has 0 spiro atoms. The Kier molecular flexibility index (Phi) is 2.61. The van der Waals surface area contributed by atoms with Gasteiger partial charge in [-0.1, -0.05) is 20.8 Å². The smallest absolute Gasteiger partial charge is 0.159 e. The van der Waals surface area contributed by atoms with E-state index in [9.17, 15) is 4.79 Å². The van der Waals surface area contributed by atoms with Crippen molar-refractivity contribution in [1.29, 1.82) is 0 Å². The number of furan rings is 1. The second-order valence-electron chi connectivity index (χ2n) is 5.61. The molecule has 0 aliphatic rings. The molecule has 0 atom stereocenters. The maximum absolute atomic E-state index is 11.5. The van der Waals surface area contributed by atoms with Gasteiger partial charge in [0.05, 0.1) is 0 Å². The Morgan fingerprint density at radius 1 is 1.18 bits per heavy atom. The fourth-order valence-electron chi connectivity index (χ4n) is 2.04. The number of carbonyl (C=O) groups excluding carboxylic acids is 1. The van der Waals surface area contributed by atoms with Crippen LogP contribution in [-0.4, -0.2) is 5.78 Å². The summed E-state index contributed by atoms with van der Waals surface area (Å²) in [5, 5.41) is 1.01. The third-order valence-corrected chi connectivity index (χ3v) is 2.95. The molecular weight excluding hydrogens is 212 g/mol. The zero-order valence-corrected chi connectivity index (χ0v) is 11.0. The van der Waals surface area contributed by atoms with Crippen molar-refractivity contribution in [3.05, 3.63) is 35.1 Å². The molecule has 0 saturated heterocycles. The van der Waals surface area contributed by atoms with Crippen molar-refractivity contribution in [2.75, 3.05) is 0 Å². The highest BCUT2D eigenvalue weighted by Crippen LogP contribution is 2.33. The summed E-state index contributed by atoms with van der Waals surface area (Å²) in [6.45, 7) is 9.91. The largest absolute Gasteiger partial charge is 0.461 e. The molecule has 1 heterocycles. The van der Waals surface area contributed by atoms with Crippen LogP contribution >= 0.6 is 0 Å². The van der Waals surface area contributed by atoms with Crippen molar-refractivity contribution in [2.45, 2.75) is 40.0 Å². The summed E-state index contributed by atoms with van der Waals surface area (Å²) >= 11 is 0. The lowest BCUT2D eigenvalue weighted by atomic mass is 9.84. The van der Waals surface area contributed by atoms with Crippen LogP contribution in [0.2, 0.25) is 0 Å². The van der Waals surface area contributed by atoms with Crippen LogP contribution in [0.3, 0.4) is 0 Å². The molecule has 0 fully saturated rings. The number of ketones is 1. The number of Topliss-reactive ketones (excluding diaryl/α,β-unsaturated/α-hetero) is 1. The van der Waals surface area contributed by atoms with Crippen molar-refractivity contribution in [3.8, 4) is 0 Å². The number of hydrogen-bond acceptors (Lipinski definition) is 2. The summed E-state index contributed by atoms with van der Waals surface area (Å²) in [4.78, 5) is 11.5. The molecule has 2 heteroatoms. The van der Waals surface area contributed by atoms with Crippen LogP contribution in [0.1, 0.15) is 49.4 Å². The molecule has 0 unspecified atom stereocenters. The van der Waals surface area contributed by atoms with Gasteiger partial charge in [-0.15, -0.1) is 0 Å². The quantitative estimate of drug-likeness (QED) is 0.686. The van der Waals surface area contributed by atoms with Gasteiger partial charge in [0.2, 0.25) is 0 Å². The Hall–Kier alpha value is -1.57. The van der Waals surface area contributed by atoms with Gasteiger partial charge in [-0.3, -0.25) is 4.79 Å². The van der Waals surface area contributed by atoms with Crippen molar-refractivity contribution >= 4 is 16.8 Å². The average Bonchev–Trinajstić information content (AvgIpc) is 2.54. The molecule has 0 amide bonds. The number of hydrogen-bond donors (Lipinski definition) is 0. The second-order valence-corrected chi connectivity index (χ2v) is 5.61. The number of benzene rings is 1. The molecule has 0 aliphatic carbocycles. The molecule has 0 N–H and O–H groups in total. The summed E-state index contributed by atoms with van der Waals surface area (Å²) in [6.07, 6.45) is 0. The summed E-state index contributed by atoms with van der Waals surface area (Å²) in [5.74, 6) is 0.974. The fraction of sp³-hybridized carbons (Fsp3) is 0.400. The molecule has 0 radical (unpaired) electrons. The predicted molar refractivity (Wildman–Crippen MR) is 69.7 cm³/mol. The van der Waals surface area contributed by atoms with E-state index in [-0.39, 0.29) is 11.2 Å². The molecule has 1 aromatic carbocycles. The molecule has 0 saturated carbocycles. The van der Waals surface area contributed by atoms with E-state index in [2.05, 4.69) is 20.8 Å². The van der Waals surface area contributed by atoms with Crippen LogP contribution in [-0.2, 0) is 5.41 Å². The molecule has 90 valence electrons. The summed E-state index contributed by atoms with van der Waals surface area (Å²) in [7, 11) is 0. The lowest BCUT2D eigenvalue weighted by Gasteiger charge is -2.20. The van der Waals surface area contributed by atoms with Crippen LogP contribution in [0.25, 0.3) is 11.0 Å². The molecular formula is C15H18O2. The van der Waals surface area contributed by atoms with E-state index in [1.54, 1.807) is 6.92 Å². The molecule has 2 aromatic rings. The Labute approximate surface area is 102 Å². The first kappa shape index (κ1) is 11.9. The third-order valence-electron chi connectivity index (χ3n) is 2.95. The van der Waals surface area contributed by atoms with Gasteiger partial charge in [0.1, 0.15) is 11.3 Å². The van der Waals surface area contributed by atoms with Gasteiger partial charge < -0.3 is 4.42 Å². The molecule has 0 bridgehead atoms. The minimum atomic E-state index is -0.0337. The van der Waals surface area contributed by atoms with Crippen molar-refractivity contribution < 1.29 is 9.21 Å². The number of carbonyl (C=O) groups is 1. The molecule has 2 nitrogen and oxygen atoms in total. The zero-order valence-electron chi connectivity index (χ0n) is 11.0.